The molecule has 0 spiro atoms. The summed E-state index contributed by atoms with van der Waals surface area (Å²) in [6.45, 7) is 0. The predicted octanol–water partition coefficient (Wildman–Crippen LogP) is 1.25. The quantitative estimate of drug-likeness (QED) is 0.815. The Hall–Kier alpha value is -1.49. The summed E-state index contributed by atoms with van der Waals surface area (Å²) in [6, 6.07) is 2.67. The molecule has 0 saturated heterocycles. The highest BCUT2D eigenvalue weighted by atomic mass is 19.1. The molecule has 1 heterocycles. The molecule has 0 bridgehead atoms. The van der Waals surface area contributed by atoms with Gasteiger partial charge in [0.15, 0.2) is 11.5 Å². The van der Waals surface area contributed by atoms with Crippen LogP contribution in [0.5, 0.6) is 0 Å². The Morgan fingerprint density at radius 3 is 2.76 bits per heavy atom. The van der Waals surface area contributed by atoms with E-state index < -0.39 is 11.7 Å². The maximum atomic E-state index is 13.3. The lowest BCUT2D eigenvalue weighted by atomic mass is 9.93. The van der Waals surface area contributed by atoms with E-state index in [4.69, 9.17) is 0 Å². The van der Waals surface area contributed by atoms with E-state index in [1.807, 2.05) is 0 Å². The van der Waals surface area contributed by atoms with Crippen LogP contribution in [0.2, 0.25) is 0 Å². The summed E-state index contributed by atoms with van der Waals surface area (Å²) in [5, 5.41) is 12.1. The molecule has 1 aromatic heterocycles. The van der Waals surface area contributed by atoms with Crippen LogP contribution in [-0.2, 0) is 0 Å². The second kappa shape index (κ2) is 5.23. The molecule has 0 atom stereocenters. The molecule has 1 aliphatic carbocycles. The Bertz CT molecular complexity index is 403. The van der Waals surface area contributed by atoms with Crippen molar-refractivity contribution in [2.45, 2.75) is 37.8 Å². The molecule has 2 N–H and O–H groups in total. The first-order valence-corrected chi connectivity index (χ1v) is 5.76. The van der Waals surface area contributed by atoms with Crippen LogP contribution in [-0.4, -0.2) is 28.1 Å². The van der Waals surface area contributed by atoms with Crippen LogP contribution in [0, 0.1) is 5.82 Å². The summed E-state index contributed by atoms with van der Waals surface area (Å²) >= 11 is 0. The van der Waals surface area contributed by atoms with Crippen LogP contribution in [0.1, 0.15) is 36.2 Å². The molecule has 1 fully saturated rings. The number of aromatic nitrogens is 1. The van der Waals surface area contributed by atoms with Gasteiger partial charge in [0.05, 0.1) is 6.10 Å². The monoisotopic (exact) mass is 238 g/mol. The van der Waals surface area contributed by atoms with Crippen molar-refractivity contribution in [1.82, 2.24) is 10.3 Å². The summed E-state index contributed by atoms with van der Waals surface area (Å²) in [4.78, 5) is 15.5. The number of nitrogens with one attached hydrogen (secondary N) is 1. The van der Waals surface area contributed by atoms with Gasteiger partial charge < -0.3 is 10.4 Å². The fraction of sp³-hybridized carbons (Fsp3) is 0.500. The number of aliphatic hydroxyl groups is 1. The van der Waals surface area contributed by atoms with Gasteiger partial charge in [0.2, 0.25) is 0 Å². The zero-order valence-corrected chi connectivity index (χ0v) is 9.40. The van der Waals surface area contributed by atoms with Crippen LogP contribution < -0.4 is 5.32 Å². The van der Waals surface area contributed by atoms with Gasteiger partial charge in [-0.05, 0) is 37.8 Å². The smallest absolute Gasteiger partial charge is 0.273 e. The Morgan fingerprint density at radius 2 is 2.12 bits per heavy atom. The first-order chi connectivity index (χ1) is 8.16. The van der Waals surface area contributed by atoms with Crippen molar-refractivity contribution in [2.24, 2.45) is 0 Å². The second-order valence-corrected chi connectivity index (χ2v) is 4.31. The van der Waals surface area contributed by atoms with E-state index in [-0.39, 0.29) is 17.8 Å². The number of pyridine rings is 1. The molecule has 0 unspecified atom stereocenters. The van der Waals surface area contributed by atoms with E-state index in [0.717, 1.165) is 12.8 Å². The highest BCUT2D eigenvalue weighted by Crippen LogP contribution is 2.18. The van der Waals surface area contributed by atoms with Crippen molar-refractivity contribution in [2.75, 3.05) is 0 Å². The van der Waals surface area contributed by atoms with E-state index >= 15 is 0 Å². The van der Waals surface area contributed by atoms with Gasteiger partial charge >= 0.3 is 0 Å². The van der Waals surface area contributed by atoms with Gasteiger partial charge in [0.1, 0.15) is 0 Å². The van der Waals surface area contributed by atoms with Gasteiger partial charge in [-0.1, -0.05) is 0 Å². The SMILES string of the molecule is O=C(NC1CCC(O)CC1)c1ncccc1F. The van der Waals surface area contributed by atoms with Crippen LogP contribution in [0.15, 0.2) is 18.3 Å². The summed E-state index contributed by atoms with van der Waals surface area (Å²) in [6.07, 6.45) is 3.92. The molecule has 2 rings (SSSR count). The van der Waals surface area contributed by atoms with E-state index in [1.165, 1.54) is 18.3 Å². The summed E-state index contributed by atoms with van der Waals surface area (Å²) in [7, 11) is 0. The van der Waals surface area contributed by atoms with E-state index in [0.29, 0.717) is 12.8 Å². The molecule has 0 aliphatic heterocycles. The molecule has 1 aromatic rings. The maximum Gasteiger partial charge on any atom is 0.273 e. The maximum absolute atomic E-state index is 13.3. The van der Waals surface area contributed by atoms with Gasteiger partial charge in [-0.3, -0.25) is 4.79 Å². The van der Waals surface area contributed by atoms with Crippen molar-refractivity contribution in [3.8, 4) is 0 Å². The fourth-order valence-corrected chi connectivity index (χ4v) is 2.03. The lowest BCUT2D eigenvalue weighted by Crippen LogP contribution is -2.39. The Kier molecular flexibility index (Phi) is 3.68. The van der Waals surface area contributed by atoms with Crippen LogP contribution in [0.25, 0.3) is 0 Å². The second-order valence-electron chi connectivity index (χ2n) is 4.31. The van der Waals surface area contributed by atoms with Crippen molar-refractivity contribution in [1.29, 1.82) is 0 Å². The average molecular weight is 238 g/mol. The standard InChI is InChI=1S/C12H15FN2O2/c13-10-2-1-7-14-11(10)12(17)15-8-3-5-9(16)6-4-8/h1-2,7-9,16H,3-6H2,(H,15,17). The molecule has 1 saturated carbocycles. The van der Waals surface area contributed by atoms with Gasteiger partial charge in [-0.2, -0.15) is 0 Å². The van der Waals surface area contributed by atoms with E-state index in [1.54, 1.807) is 0 Å². The summed E-state index contributed by atoms with van der Waals surface area (Å²) < 4.78 is 13.3. The average Bonchev–Trinajstić information content (AvgIpc) is 2.32. The third kappa shape index (κ3) is 3.00. The van der Waals surface area contributed by atoms with Crippen LogP contribution in [0.3, 0.4) is 0 Å². The molecule has 92 valence electrons. The number of rotatable bonds is 2. The van der Waals surface area contributed by atoms with Crippen LogP contribution in [0.4, 0.5) is 4.39 Å². The van der Waals surface area contributed by atoms with Gasteiger partial charge in [0, 0.05) is 12.2 Å². The number of hydrogen-bond donors (Lipinski definition) is 2. The van der Waals surface area contributed by atoms with Gasteiger partial charge in [-0.15, -0.1) is 0 Å². The topological polar surface area (TPSA) is 62.2 Å². The number of carbonyl (C=O) groups is 1. The van der Waals surface area contributed by atoms with Crippen molar-refractivity contribution >= 4 is 5.91 Å². The van der Waals surface area contributed by atoms with E-state index in [2.05, 4.69) is 10.3 Å². The first-order valence-electron chi connectivity index (χ1n) is 5.76. The molecule has 1 aliphatic rings. The molecule has 1 amide bonds. The Balaban J connectivity index is 1.96. The fourth-order valence-electron chi connectivity index (χ4n) is 2.03. The zero-order valence-electron chi connectivity index (χ0n) is 9.40. The molecule has 0 radical (unpaired) electrons. The number of aliphatic hydroxyl groups excluding tert-OH is 1. The number of hydrogen-bond acceptors (Lipinski definition) is 3. The number of halogens is 1. The lowest BCUT2D eigenvalue weighted by Gasteiger charge is -2.26. The summed E-state index contributed by atoms with van der Waals surface area (Å²) in [5.41, 5.74) is -0.168. The normalized spacial score (nSPS) is 24.4. The Labute approximate surface area is 98.9 Å². The molecule has 17 heavy (non-hydrogen) atoms. The predicted molar refractivity (Wildman–Crippen MR) is 59.9 cm³/mol. The number of amides is 1. The van der Waals surface area contributed by atoms with Crippen LogP contribution >= 0.6 is 0 Å². The van der Waals surface area contributed by atoms with Crippen molar-refractivity contribution in [3.63, 3.8) is 0 Å². The summed E-state index contributed by atoms with van der Waals surface area (Å²) in [5.74, 6) is -1.09. The first kappa shape index (κ1) is 12.0. The minimum atomic E-state index is -0.610. The largest absolute Gasteiger partial charge is 0.393 e. The van der Waals surface area contributed by atoms with E-state index in [9.17, 15) is 14.3 Å². The zero-order chi connectivity index (χ0) is 12.3. The third-order valence-corrected chi connectivity index (χ3v) is 3.01. The third-order valence-electron chi connectivity index (χ3n) is 3.01. The Morgan fingerprint density at radius 1 is 1.41 bits per heavy atom. The van der Waals surface area contributed by atoms with Crippen molar-refractivity contribution in [3.05, 3.63) is 29.8 Å². The molecule has 4 nitrogen and oxygen atoms in total. The number of nitrogens with zero attached hydrogens (tertiary/aromatic N) is 1. The van der Waals surface area contributed by atoms with Gasteiger partial charge in [0.25, 0.3) is 5.91 Å². The molecular formula is C12H15FN2O2. The minimum absolute atomic E-state index is 0.00676. The minimum Gasteiger partial charge on any atom is -0.393 e. The van der Waals surface area contributed by atoms with Crippen molar-refractivity contribution < 1.29 is 14.3 Å². The molecule has 0 aromatic carbocycles. The lowest BCUT2D eigenvalue weighted by molar-refractivity contribution is 0.0859. The van der Waals surface area contributed by atoms with Gasteiger partial charge in [-0.25, -0.2) is 9.37 Å². The highest BCUT2D eigenvalue weighted by molar-refractivity contribution is 5.92. The molecular weight excluding hydrogens is 223 g/mol. The molecule has 5 heteroatoms. The highest BCUT2D eigenvalue weighted by Gasteiger charge is 2.22. The number of carbonyl (C=O) groups excluding carboxylic acids is 1.